The fourth-order valence-electron chi connectivity index (χ4n) is 3.68. The van der Waals surface area contributed by atoms with Gasteiger partial charge in [-0.05, 0) is 42.2 Å². The van der Waals surface area contributed by atoms with Gasteiger partial charge in [-0.2, -0.15) is 0 Å². The van der Waals surface area contributed by atoms with Crippen LogP contribution >= 0.6 is 0 Å². The van der Waals surface area contributed by atoms with E-state index in [0.29, 0.717) is 25.3 Å². The lowest BCUT2D eigenvalue weighted by molar-refractivity contribution is -0.130. The van der Waals surface area contributed by atoms with Gasteiger partial charge < -0.3 is 19.9 Å². The number of carbonyl (C=O) groups excluding carboxylic acids is 2. The Labute approximate surface area is 185 Å². The predicted octanol–water partition coefficient (Wildman–Crippen LogP) is 3.46. The van der Waals surface area contributed by atoms with Crippen molar-refractivity contribution in [3.63, 3.8) is 0 Å². The average Bonchev–Trinajstić information content (AvgIpc) is 2.77. The molecule has 1 N–H and O–H groups in total. The molecular weight excluding hydrogens is 390 g/mol. The molecule has 2 aromatic rings. The number of rotatable bonds is 6. The van der Waals surface area contributed by atoms with E-state index in [1.807, 2.05) is 60.4 Å². The summed E-state index contributed by atoms with van der Waals surface area (Å²) in [6, 6.07) is 15.6. The van der Waals surface area contributed by atoms with Gasteiger partial charge in [-0.15, -0.1) is 0 Å². The largest absolute Gasteiger partial charge is 0.492 e. The third-order valence-electron chi connectivity index (χ3n) is 5.55. The number of ether oxygens (including phenoxy) is 1. The highest BCUT2D eigenvalue weighted by atomic mass is 16.5. The van der Waals surface area contributed by atoms with Crippen molar-refractivity contribution in [1.29, 1.82) is 0 Å². The third kappa shape index (κ3) is 5.78. The molecule has 0 radical (unpaired) electrons. The maximum absolute atomic E-state index is 12.6. The van der Waals surface area contributed by atoms with Crippen LogP contribution in [0.2, 0.25) is 0 Å². The molecule has 0 atom stereocenters. The molecule has 1 fully saturated rings. The summed E-state index contributed by atoms with van der Waals surface area (Å²) in [4.78, 5) is 29.1. The van der Waals surface area contributed by atoms with Gasteiger partial charge in [-0.3, -0.25) is 9.59 Å². The van der Waals surface area contributed by atoms with Crippen molar-refractivity contribution in [3.05, 3.63) is 59.7 Å². The van der Waals surface area contributed by atoms with E-state index >= 15 is 0 Å². The van der Waals surface area contributed by atoms with Crippen LogP contribution in [0.4, 0.5) is 5.69 Å². The smallest absolute Gasteiger partial charge is 0.251 e. The summed E-state index contributed by atoms with van der Waals surface area (Å²) >= 11 is 0. The van der Waals surface area contributed by atoms with Crippen molar-refractivity contribution in [2.24, 2.45) is 0 Å². The number of nitrogens with one attached hydrogen (secondary N) is 1. The minimum absolute atomic E-state index is 0.00931. The second kappa shape index (κ2) is 9.86. The molecule has 6 nitrogen and oxygen atoms in total. The minimum atomic E-state index is -0.224. The van der Waals surface area contributed by atoms with Crippen LogP contribution in [-0.2, 0) is 10.2 Å². The van der Waals surface area contributed by atoms with Crippen LogP contribution in [0.3, 0.4) is 0 Å². The summed E-state index contributed by atoms with van der Waals surface area (Å²) in [7, 11) is 0. The zero-order valence-electron chi connectivity index (χ0n) is 19.0. The second-order valence-corrected chi connectivity index (χ2v) is 8.78. The first-order valence-electron chi connectivity index (χ1n) is 10.9. The normalized spacial score (nSPS) is 14.3. The summed E-state index contributed by atoms with van der Waals surface area (Å²) in [5.74, 6) is 0.588. The molecule has 0 bridgehead atoms. The van der Waals surface area contributed by atoms with Crippen LogP contribution in [0, 0.1) is 0 Å². The highest BCUT2D eigenvalue weighted by Gasteiger charge is 2.23. The van der Waals surface area contributed by atoms with Gasteiger partial charge in [0.2, 0.25) is 5.91 Å². The Hall–Kier alpha value is -3.02. The summed E-state index contributed by atoms with van der Waals surface area (Å²) in [6.07, 6.45) is 0. The maximum atomic E-state index is 12.6. The van der Waals surface area contributed by atoms with E-state index in [1.165, 1.54) is 5.56 Å². The summed E-state index contributed by atoms with van der Waals surface area (Å²) in [5, 5.41) is 2.76. The second-order valence-electron chi connectivity index (χ2n) is 8.78. The molecule has 2 amide bonds. The molecule has 0 saturated carbocycles. The fraction of sp³-hybridized carbons (Fsp3) is 0.440. The molecule has 1 saturated heterocycles. The topological polar surface area (TPSA) is 61.9 Å². The number of carbonyl (C=O) groups is 2. The molecule has 1 heterocycles. The monoisotopic (exact) mass is 423 g/mol. The summed E-state index contributed by atoms with van der Waals surface area (Å²) in [5.41, 5.74) is 2.83. The van der Waals surface area contributed by atoms with Crippen molar-refractivity contribution in [1.82, 2.24) is 10.2 Å². The minimum Gasteiger partial charge on any atom is -0.492 e. The number of anilines is 1. The quantitative estimate of drug-likeness (QED) is 0.773. The van der Waals surface area contributed by atoms with Gasteiger partial charge in [-0.1, -0.05) is 45.0 Å². The predicted molar refractivity (Wildman–Crippen MR) is 124 cm³/mol. The highest BCUT2D eigenvalue weighted by molar-refractivity contribution is 5.96. The standard InChI is InChI=1S/C25H33N3O3/c1-5-31-22-9-7-6-8-21(22)27-14-16-28(17-15-27)23(29)18-26-24(30)19-10-12-20(13-11-19)25(2,3)4/h6-13H,5,14-18H2,1-4H3,(H,26,30). The lowest BCUT2D eigenvalue weighted by atomic mass is 9.87. The number of para-hydroxylation sites is 2. The Bertz CT molecular complexity index is 895. The number of hydrogen-bond donors (Lipinski definition) is 1. The maximum Gasteiger partial charge on any atom is 0.251 e. The molecule has 1 aliphatic heterocycles. The van der Waals surface area contributed by atoms with E-state index in [-0.39, 0.29) is 23.8 Å². The van der Waals surface area contributed by atoms with E-state index in [1.54, 1.807) is 0 Å². The zero-order valence-corrected chi connectivity index (χ0v) is 19.0. The molecule has 0 unspecified atom stereocenters. The zero-order chi connectivity index (χ0) is 22.4. The summed E-state index contributed by atoms with van der Waals surface area (Å²) < 4.78 is 5.73. The third-order valence-corrected chi connectivity index (χ3v) is 5.55. The SMILES string of the molecule is CCOc1ccccc1N1CCN(C(=O)CNC(=O)c2ccc(C(C)(C)C)cc2)CC1. The van der Waals surface area contributed by atoms with Crippen LogP contribution in [-0.4, -0.2) is 56.0 Å². The van der Waals surface area contributed by atoms with Crippen LogP contribution < -0.4 is 15.0 Å². The Morgan fingerprint density at radius 2 is 1.61 bits per heavy atom. The van der Waals surface area contributed by atoms with Gasteiger partial charge in [0.05, 0.1) is 18.8 Å². The van der Waals surface area contributed by atoms with Crippen molar-refractivity contribution < 1.29 is 14.3 Å². The van der Waals surface area contributed by atoms with E-state index < -0.39 is 0 Å². The molecule has 1 aliphatic rings. The molecule has 2 aromatic carbocycles. The van der Waals surface area contributed by atoms with Gasteiger partial charge in [0.15, 0.2) is 0 Å². The van der Waals surface area contributed by atoms with E-state index in [2.05, 4.69) is 31.0 Å². The number of hydrogen-bond acceptors (Lipinski definition) is 4. The summed E-state index contributed by atoms with van der Waals surface area (Å²) in [6.45, 7) is 11.7. The molecule has 166 valence electrons. The van der Waals surface area contributed by atoms with Crippen molar-refractivity contribution in [3.8, 4) is 5.75 Å². The van der Waals surface area contributed by atoms with Crippen molar-refractivity contribution in [2.75, 3.05) is 44.2 Å². The highest BCUT2D eigenvalue weighted by Crippen LogP contribution is 2.28. The van der Waals surface area contributed by atoms with Gasteiger partial charge in [0.1, 0.15) is 5.75 Å². The van der Waals surface area contributed by atoms with Crippen LogP contribution in [0.25, 0.3) is 0 Å². The van der Waals surface area contributed by atoms with Gasteiger partial charge in [0.25, 0.3) is 5.91 Å². The number of benzene rings is 2. The van der Waals surface area contributed by atoms with Crippen LogP contribution in [0.5, 0.6) is 5.75 Å². The van der Waals surface area contributed by atoms with Crippen molar-refractivity contribution >= 4 is 17.5 Å². The molecule has 6 heteroatoms. The molecule has 0 aromatic heterocycles. The van der Waals surface area contributed by atoms with E-state index in [0.717, 1.165) is 24.5 Å². The Morgan fingerprint density at radius 1 is 0.968 bits per heavy atom. The first-order valence-corrected chi connectivity index (χ1v) is 10.9. The number of nitrogens with zero attached hydrogens (tertiary/aromatic N) is 2. The van der Waals surface area contributed by atoms with E-state index in [4.69, 9.17) is 4.74 Å². The number of piperazine rings is 1. The fourth-order valence-corrected chi connectivity index (χ4v) is 3.68. The Morgan fingerprint density at radius 3 is 2.23 bits per heavy atom. The molecule has 0 aliphatic carbocycles. The Balaban J connectivity index is 1.50. The molecule has 3 rings (SSSR count). The lowest BCUT2D eigenvalue weighted by Gasteiger charge is -2.36. The van der Waals surface area contributed by atoms with Gasteiger partial charge in [-0.25, -0.2) is 0 Å². The first-order chi connectivity index (χ1) is 14.8. The lowest BCUT2D eigenvalue weighted by Crippen LogP contribution is -2.51. The average molecular weight is 424 g/mol. The molecule has 0 spiro atoms. The Kier molecular flexibility index (Phi) is 7.21. The molecule has 31 heavy (non-hydrogen) atoms. The van der Waals surface area contributed by atoms with Crippen LogP contribution in [0.15, 0.2) is 48.5 Å². The first kappa shape index (κ1) is 22.7. The molecular formula is C25H33N3O3. The van der Waals surface area contributed by atoms with E-state index in [9.17, 15) is 9.59 Å². The number of amides is 2. The van der Waals surface area contributed by atoms with Crippen molar-refractivity contribution in [2.45, 2.75) is 33.1 Å². The van der Waals surface area contributed by atoms with Gasteiger partial charge in [0, 0.05) is 31.7 Å². The van der Waals surface area contributed by atoms with Crippen LogP contribution in [0.1, 0.15) is 43.6 Å². The van der Waals surface area contributed by atoms with Gasteiger partial charge >= 0.3 is 0 Å².